The smallest absolute Gasteiger partial charge is 0.410 e. The van der Waals surface area contributed by atoms with Crippen LogP contribution in [-0.2, 0) is 4.74 Å². The second kappa shape index (κ2) is 7.81. The number of carbonyl (C=O) groups is 1. The summed E-state index contributed by atoms with van der Waals surface area (Å²) in [5.41, 5.74) is -0.487. The number of piperidine rings is 1. The molecule has 0 aromatic rings. The number of carbonyl (C=O) groups excluding carboxylic acids is 1. The topological polar surface area (TPSA) is 82.0 Å². The summed E-state index contributed by atoms with van der Waals surface area (Å²) in [7, 11) is 0. The van der Waals surface area contributed by atoms with E-state index in [-0.39, 0.29) is 18.7 Å². The van der Waals surface area contributed by atoms with Gasteiger partial charge >= 0.3 is 6.09 Å². The standard InChI is InChI=1S/C14H28N2O4/c1-14(2,3)20-13(19)16-7-5-4-6-11(16)8-15-9-12(18)10-17/h11-12,15,17-18H,4-10H2,1-3H3. The molecule has 6 heteroatoms. The van der Waals surface area contributed by atoms with Crippen molar-refractivity contribution < 1.29 is 19.7 Å². The molecule has 6 nitrogen and oxygen atoms in total. The van der Waals surface area contributed by atoms with Gasteiger partial charge in [-0.25, -0.2) is 4.79 Å². The molecule has 0 aromatic heterocycles. The molecule has 0 spiro atoms. The van der Waals surface area contributed by atoms with Gasteiger partial charge in [-0.1, -0.05) is 0 Å². The first-order chi connectivity index (χ1) is 9.33. The highest BCUT2D eigenvalue weighted by Crippen LogP contribution is 2.19. The molecule has 20 heavy (non-hydrogen) atoms. The quantitative estimate of drug-likeness (QED) is 0.694. The second-order valence-electron chi connectivity index (χ2n) is 6.32. The molecular weight excluding hydrogens is 260 g/mol. The molecule has 1 saturated heterocycles. The van der Waals surface area contributed by atoms with E-state index < -0.39 is 11.7 Å². The van der Waals surface area contributed by atoms with E-state index >= 15 is 0 Å². The van der Waals surface area contributed by atoms with Crippen LogP contribution in [0.5, 0.6) is 0 Å². The van der Waals surface area contributed by atoms with Crippen molar-refractivity contribution in [1.29, 1.82) is 0 Å². The Morgan fingerprint density at radius 3 is 2.75 bits per heavy atom. The number of amides is 1. The molecule has 0 saturated carbocycles. The van der Waals surface area contributed by atoms with Gasteiger partial charge in [0.2, 0.25) is 0 Å². The Morgan fingerprint density at radius 2 is 2.15 bits per heavy atom. The summed E-state index contributed by atoms with van der Waals surface area (Å²) in [4.78, 5) is 13.9. The second-order valence-corrected chi connectivity index (χ2v) is 6.32. The van der Waals surface area contributed by atoms with Gasteiger partial charge in [-0.2, -0.15) is 0 Å². The SMILES string of the molecule is CC(C)(C)OC(=O)N1CCCCC1CNCC(O)CO. The zero-order valence-electron chi connectivity index (χ0n) is 12.8. The first kappa shape index (κ1) is 17.2. The molecule has 0 aliphatic carbocycles. The van der Waals surface area contributed by atoms with Crippen LogP contribution in [0, 0.1) is 0 Å². The Bertz CT molecular complexity index is 304. The van der Waals surface area contributed by atoms with Gasteiger partial charge in [-0.15, -0.1) is 0 Å². The normalized spacial score (nSPS) is 21.6. The predicted octanol–water partition coefficient (Wildman–Crippen LogP) is 0.719. The van der Waals surface area contributed by atoms with Gasteiger partial charge in [0.25, 0.3) is 0 Å². The summed E-state index contributed by atoms with van der Waals surface area (Å²) in [6.07, 6.45) is 1.99. The van der Waals surface area contributed by atoms with Crippen LogP contribution in [0.2, 0.25) is 0 Å². The molecule has 3 N–H and O–H groups in total. The van der Waals surface area contributed by atoms with E-state index in [1.807, 2.05) is 20.8 Å². The van der Waals surface area contributed by atoms with Crippen molar-refractivity contribution in [3.8, 4) is 0 Å². The van der Waals surface area contributed by atoms with Gasteiger partial charge in [0.15, 0.2) is 0 Å². The van der Waals surface area contributed by atoms with E-state index in [2.05, 4.69) is 5.32 Å². The summed E-state index contributed by atoms with van der Waals surface area (Å²) < 4.78 is 5.43. The zero-order valence-corrected chi connectivity index (χ0v) is 12.8. The summed E-state index contributed by atoms with van der Waals surface area (Å²) in [5.74, 6) is 0. The molecule has 1 rings (SSSR count). The molecule has 0 bridgehead atoms. The lowest BCUT2D eigenvalue weighted by Crippen LogP contribution is -2.50. The molecule has 2 atom stereocenters. The highest BCUT2D eigenvalue weighted by molar-refractivity contribution is 5.68. The highest BCUT2D eigenvalue weighted by atomic mass is 16.6. The minimum Gasteiger partial charge on any atom is -0.444 e. The fourth-order valence-electron chi connectivity index (χ4n) is 2.25. The molecule has 1 fully saturated rings. The number of nitrogens with one attached hydrogen (secondary N) is 1. The molecule has 0 radical (unpaired) electrons. The Labute approximate surface area is 121 Å². The summed E-state index contributed by atoms with van der Waals surface area (Å²) in [6, 6.07) is 0.0875. The van der Waals surface area contributed by atoms with E-state index in [4.69, 9.17) is 9.84 Å². The van der Waals surface area contributed by atoms with Gasteiger partial charge < -0.3 is 25.2 Å². The first-order valence-electron chi connectivity index (χ1n) is 7.32. The largest absolute Gasteiger partial charge is 0.444 e. The highest BCUT2D eigenvalue weighted by Gasteiger charge is 2.30. The number of hydrogen-bond acceptors (Lipinski definition) is 5. The lowest BCUT2D eigenvalue weighted by molar-refractivity contribution is 0.00942. The number of ether oxygens (including phenoxy) is 1. The Kier molecular flexibility index (Phi) is 6.71. The molecular formula is C14H28N2O4. The zero-order chi connectivity index (χ0) is 15.2. The lowest BCUT2D eigenvalue weighted by Gasteiger charge is -2.37. The summed E-state index contributed by atoms with van der Waals surface area (Å²) >= 11 is 0. The van der Waals surface area contributed by atoms with Crippen molar-refractivity contribution in [1.82, 2.24) is 10.2 Å². The Morgan fingerprint density at radius 1 is 1.45 bits per heavy atom. The maximum Gasteiger partial charge on any atom is 0.410 e. The van der Waals surface area contributed by atoms with Gasteiger partial charge in [0.05, 0.1) is 12.7 Å². The van der Waals surface area contributed by atoms with Crippen LogP contribution in [0.1, 0.15) is 40.0 Å². The van der Waals surface area contributed by atoms with E-state index in [0.717, 1.165) is 19.3 Å². The predicted molar refractivity (Wildman–Crippen MR) is 76.5 cm³/mol. The maximum atomic E-state index is 12.2. The van der Waals surface area contributed by atoms with E-state index in [1.165, 1.54) is 0 Å². The van der Waals surface area contributed by atoms with E-state index in [9.17, 15) is 9.90 Å². The third kappa shape index (κ3) is 6.07. The molecule has 118 valence electrons. The van der Waals surface area contributed by atoms with Crippen LogP contribution >= 0.6 is 0 Å². The van der Waals surface area contributed by atoms with E-state index in [1.54, 1.807) is 4.90 Å². The third-order valence-electron chi connectivity index (χ3n) is 3.23. The molecule has 1 aliphatic heterocycles. The van der Waals surface area contributed by atoms with Crippen molar-refractivity contribution in [3.05, 3.63) is 0 Å². The molecule has 1 heterocycles. The summed E-state index contributed by atoms with van der Waals surface area (Å²) in [5, 5.41) is 21.2. The number of likely N-dealkylation sites (tertiary alicyclic amines) is 1. The van der Waals surface area contributed by atoms with Crippen LogP contribution in [-0.4, -0.2) is 65.2 Å². The van der Waals surface area contributed by atoms with Crippen molar-refractivity contribution in [2.24, 2.45) is 0 Å². The number of hydrogen-bond donors (Lipinski definition) is 3. The molecule has 1 aliphatic rings. The number of aliphatic hydroxyl groups excluding tert-OH is 2. The average molecular weight is 288 g/mol. The van der Waals surface area contributed by atoms with Crippen LogP contribution in [0.25, 0.3) is 0 Å². The monoisotopic (exact) mass is 288 g/mol. The van der Waals surface area contributed by atoms with Gasteiger partial charge in [0.1, 0.15) is 5.60 Å². The fourth-order valence-corrected chi connectivity index (χ4v) is 2.25. The number of aliphatic hydroxyl groups is 2. The number of rotatable bonds is 5. The fraction of sp³-hybridized carbons (Fsp3) is 0.929. The minimum atomic E-state index is -0.756. The Balaban J connectivity index is 2.47. The van der Waals surface area contributed by atoms with Crippen LogP contribution in [0.15, 0.2) is 0 Å². The average Bonchev–Trinajstić information content (AvgIpc) is 2.37. The van der Waals surface area contributed by atoms with Crippen molar-refractivity contribution in [2.75, 3.05) is 26.2 Å². The maximum absolute atomic E-state index is 12.2. The van der Waals surface area contributed by atoms with Crippen LogP contribution in [0.4, 0.5) is 4.79 Å². The van der Waals surface area contributed by atoms with Gasteiger partial charge in [-0.05, 0) is 40.0 Å². The number of nitrogens with zero attached hydrogens (tertiary/aromatic N) is 1. The van der Waals surface area contributed by atoms with E-state index in [0.29, 0.717) is 19.6 Å². The Hall–Kier alpha value is -0.850. The third-order valence-corrected chi connectivity index (χ3v) is 3.23. The van der Waals surface area contributed by atoms with Crippen LogP contribution < -0.4 is 5.32 Å². The van der Waals surface area contributed by atoms with Crippen molar-refractivity contribution in [2.45, 2.75) is 57.8 Å². The molecule has 2 unspecified atom stereocenters. The lowest BCUT2D eigenvalue weighted by atomic mass is 10.0. The van der Waals surface area contributed by atoms with Crippen molar-refractivity contribution in [3.63, 3.8) is 0 Å². The summed E-state index contributed by atoms with van der Waals surface area (Å²) in [6.45, 7) is 6.97. The van der Waals surface area contributed by atoms with Gasteiger partial charge in [-0.3, -0.25) is 0 Å². The van der Waals surface area contributed by atoms with Gasteiger partial charge in [0, 0.05) is 25.7 Å². The van der Waals surface area contributed by atoms with Crippen LogP contribution in [0.3, 0.4) is 0 Å². The molecule has 0 aromatic carbocycles. The minimum absolute atomic E-state index is 0.0875. The molecule has 1 amide bonds. The first-order valence-corrected chi connectivity index (χ1v) is 7.32. The van der Waals surface area contributed by atoms with Crippen molar-refractivity contribution >= 4 is 6.09 Å².